The number of ether oxygens (including phenoxy) is 2. The van der Waals surface area contributed by atoms with Crippen LogP contribution in [0.1, 0.15) is 18.5 Å². The van der Waals surface area contributed by atoms with Crippen molar-refractivity contribution in [2.75, 3.05) is 25.6 Å². The van der Waals surface area contributed by atoms with Crippen molar-refractivity contribution in [2.24, 2.45) is 0 Å². The Balaban J connectivity index is 2.09. The number of aromatic nitrogens is 1. The van der Waals surface area contributed by atoms with Crippen LogP contribution in [0, 0.1) is 6.92 Å². The van der Waals surface area contributed by atoms with Gasteiger partial charge in [0, 0.05) is 24.9 Å². The average molecular weight is 222 g/mol. The lowest BCUT2D eigenvalue weighted by Gasteiger charge is -2.24. The number of nitrogens with zero attached hydrogens (tertiary/aromatic N) is 1. The summed E-state index contributed by atoms with van der Waals surface area (Å²) >= 11 is 0. The van der Waals surface area contributed by atoms with E-state index in [-0.39, 0.29) is 0 Å². The SMILES string of the molecule is COc1ccc(C)nc1NC1CCOCC1. The normalized spacial score (nSPS) is 17.1. The van der Waals surface area contributed by atoms with E-state index in [0.29, 0.717) is 6.04 Å². The van der Waals surface area contributed by atoms with E-state index in [1.54, 1.807) is 7.11 Å². The van der Waals surface area contributed by atoms with Crippen LogP contribution in [0.25, 0.3) is 0 Å². The van der Waals surface area contributed by atoms with Crippen molar-refractivity contribution in [3.8, 4) is 5.75 Å². The Morgan fingerprint density at radius 2 is 2.12 bits per heavy atom. The maximum absolute atomic E-state index is 5.33. The minimum absolute atomic E-state index is 0.442. The standard InChI is InChI=1S/C12H18N2O2/c1-9-3-4-11(15-2)12(13-9)14-10-5-7-16-8-6-10/h3-4,10H,5-8H2,1-2H3,(H,13,14). The Bertz CT molecular complexity index is 349. The third-order valence-corrected chi connectivity index (χ3v) is 2.78. The highest BCUT2D eigenvalue weighted by Gasteiger charge is 2.15. The lowest BCUT2D eigenvalue weighted by Crippen LogP contribution is -2.28. The number of hydrogen-bond acceptors (Lipinski definition) is 4. The maximum atomic E-state index is 5.33. The molecular weight excluding hydrogens is 204 g/mol. The summed E-state index contributed by atoms with van der Waals surface area (Å²) in [7, 11) is 1.67. The zero-order valence-corrected chi connectivity index (χ0v) is 9.82. The van der Waals surface area contributed by atoms with Gasteiger partial charge in [0.2, 0.25) is 0 Å². The molecule has 1 aliphatic heterocycles. The van der Waals surface area contributed by atoms with Gasteiger partial charge in [-0.3, -0.25) is 0 Å². The predicted octanol–water partition coefficient (Wildman–Crippen LogP) is 1.99. The molecule has 16 heavy (non-hydrogen) atoms. The maximum Gasteiger partial charge on any atom is 0.169 e. The number of hydrogen-bond donors (Lipinski definition) is 1. The molecule has 0 aromatic carbocycles. The van der Waals surface area contributed by atoms with Crippen molar-refractivity contribution in [3.63, 3.8) is 0 Å². The van der Waals surface area contributed by atoms with Crippen molar-refractivity contribution >= 4 is 5.82 Å². The van der Waals surface area contributed by atoms with E-state index in [9.17, 15) is 0 Å². The van der Waals surface area contributed by atoms with Gasteiger partial charge in [0.25, 0.3) is 0 Å². The fourth-order valence-corrected chi connectivity index (χ4v) is 1.85. The molecule has 4 heteroatoms. The smallest absolute Gasteiger partial charge is 0.169 e. The summed E-state index contributed by atoms with van der Waals surface area (Å²) in [6, 6.07) is 4.34. The van der Waals surface area contributed by atoms with Gasteiger partial charge < -0.3 is 14.8 Å². The van der Waals surface area contributed by atoms with Gasteiger partial charge in [-0.15, -0.1) is 0 Å². The summed E-state index contributed by atoms with van der Waals surface area (Å²) in [5.74, 6) is 1.64. The first-order chi connectivity index (χ1) is 7.79. The van der Waals surface area contributed by atoms with Crippen molar-refractivity contribution in [2.45, 2.75) is 25.8 Å². The lowest BCUT2D eigenvalue weighted by molar-refractivity contribution is 0.0903. The predicted molar refractivity (Wildman–Crippen MR) is 63.0 cm³/mol. The van der Waals surface area contributed by atoms with Gasteiger partial charge in [0.1, 0.15) is 0 Å². The zero-order valence-electron chi connectivity index (χ0n) is 9.82. The topological polar surface area (TPSA) is 43.4 Å². The molecule has 0 atom stereocenters. The van der Waals surface area contributed by atoms with Crippen LogP contribution in [0.3, 0.4) is 0 Å². The summed E-state index contributed by atoms with van der Waals surface area (Å²) in [6.07, 6.45) is 2.05. The van der Waals surface area contributed by atoms with Gasteiger partial charge in [-0.25, -0.2) is 4.98 Å². The molecule has 0 saturated carbocycles. The quantitative estimate of drug-likeness (QED) is 0.849. The molecule has 2 heterocycles. The molecule has 1 aliphatic rings. The highest BCUT2D eigenvalue weighted by atomic mass is 16.5. The Kier molecular flexibility index (Phi) is 3.62. The van der Waals surface area contributed by atoms with Crippen LogP contribution in [0.2, 0.25) is 0 Å². The van der Waals surface area contributed by atoms with Crippen LogP contribution in [-0.2, 0) is 4.74 Å². The summed E-state index contributed by atoms with van der Waals surface area (Å²) in [5.41, 5.74) is 0.996. The van der Waals surface area contributed by atoms with Crippen molar-refractivity contribution in [3.05, 3.63) is 17.8 Å². The van der Waals surface area contributed by atoms with Gasteiger partial charge in [0.05, 0.1) is 7.11 Å². The average Bonchev–Trinajstić information content (AvgIpc) is 2.31. The molecule has 0 radical (unpaired) electrons. The Morgan fingerprint density at radius 1 is 1.38 bits per heavy atom. The number of rotatable bonds is 3. The molecule has 88 valence electrons. The summed E-state index contributed by atoms with van der Waals surface area (Å²) in [4.78, 5) is 4.46. The van der Waals surface area contributed by atoms with E-state index in [4.69, 9.17) is 9.47 Å². The minimum Gasteiger partial charge on any atom is -0.493 e. The molecule has 0 amide bonds. The molecule has 1 fully saturated rings. The third kappa shape index (κ3) is 2.64. The molecule has 2 rings (SSSR count). The minimum atomic E-state index is 0.442. The Labute approximate surface area is 96.0 Å². The second kappa shape index (κ2) is 5.16. The van der Waals surface area contributed by atoms with Gasteiger partial charge in [-0.1, -0.05) is 0 Å². The van der Waals surface area contributed by atoms with Gasteiger partial charge in [-0.05, 0) is 31.9 Å². The molecule has 0 aliphatic carbocycles. The molecule has 1 aromatic heterocycles. The number of methoxy groups -OCH3 is 1. The van der Waals surface area contributed by atoms with Gasteiger partial charge >= 0.3 is 0 Å². The number of aryl methyl sites for hydroxylation is 1. The van der Waals surface area contributed by atoms with E-state index in [0.717, 1.165) is 43.3 Å². The van der Waals surface area contributed by atoms with E-state index >= 15 is 0 Å². The van der Waals surface area contributed by atoms with Crippen LogP contribution >= 0.6 is 0 Å². The van der Waals surface area contributed by atoms with Crippen LogP contribution in [0.15, 0.2) is 12.1 Å². The molecule has 0 bridgehead atoms. The molecule has 0 unspecified atom stereocenters. The van der Waals surface area contributed by atoms with E-state index in [2.05, 4.69) is 10.3 Å². The zero-order chi connectivity index (χ0) is 11.4. The van der Waals surface area contributed by atoms with Crippen molar-refractivity contribution in [1.29, 1.82) is 0 Å². The second-order valence-electron chi connectivity index (χ2n) is 4.03. The highest BCUT2D eigenvalue weighted by molar-refractivity contribution is 5.51. The molecule has 4 nitrogen and oxygen atoms in total. The fraction of sp³-hybridized carbons (Fsp3) is 0.583. The Morgan fingerprint density at radius 3 is 2.81 bits per heavy atom. The van der Waals surface area contributed by atoms with Crippen molar-refractivity contribution in [1.82, 2.24) is 4.98 Å². The third-order valence-electron chi connectivity index (χ3n) is 2.78. The Hall–Kier alpha value is -1.29. The lowest BCUT2D eigenvalue weighted by atomic mass is 10.1. The first-order valence-corrected chi connectivity index (χ1v) is 5.65. The second-order valence-corrected chi connectivity index (χ2v) is 4.03. The van der Waals surface area contributed by atoms with E-state index in [1.165, 1.54) is 0 Å². The highest BCUT2D eigenvalue weighted by Crippen LogP contribution is 2.24. The van der Waals surface area contributed by atoms with Crippen LogP contribution in [-0.4, -0.2) is 31.3 Å². The van der Waals surface area contributed by atoms with Crippen molar-refractivity contribution < 1.29 is 9.47 Å². The van der Waals surface area contributed by atoms with Crippen LogP contribution in [0.5, 0.6) is 5.75 Å². The number of pyridine rings is 1. The first-order valence-electron chi connectivity index (χ1n) is 5.65. The molecule has 1 aromatic rings. The summed E-state index contributed by atoms with van der Waals surface area (Å²) in [6.45, 7) is 3.63. The molecule has 1 saturated heterocycles. The molecular formula is C12H18N2O2. The number of anilines is 1. The van der Waals surface area contributed by atoms with Crippen LogP contribution in [0.4, 0.5) is 5.82 Å². The first kappa shape index (κ1) is 11.2. The monoisotopic (exact) mass is 222 g/mol. The number of nitrogens with one attached hydrogen (secondary N) is 1. The fourth-order valence-electron chi connectivity index (χ4n) is 1.85. The van der Waals surface area contributed by atoms with E-state index < -0.39 is 0 Å². The molecule has 1 N–H and O–H groups in total. The van der Waals surface area contributed by atoms with Gasteiger partial charge in [-0.2, -0.15) is 0 Å². The van der Waals surface area contributed by atoms with E-state index in [1.807, 2.05) is 19.1 Å². The molecule has 0 spiro atoms. The largest absolute Gasteiger partial charge is 0.493 e. The summed E-state index contributed by atoms with van der Waals surface area (Å²) < 4.78 is 10.6. The van der Waals surface area contributed by atoms with Gasteiger partial charge in [0.15, 0.2) is 11.6 Å². The van der Waals surface area contributed by atoms with Crippen LogP contribution < -0.4 is 10.1 Å². The summed E-state index contributed by atoms with van der Waals surface area (Å²) in [5, 5.41) is 3.43.